The first-order valence-electron chi connectivity index (χ1n) is 22.4. The van der Waals surface area contributed by atoms with Crippen LogP contribution in [0.5, 0.6) is 11.6 Å². The Hall–Kier alpha value is -2.50. The molecule has 0 unspecified atom stereocenters. The molecule has 2 aromatic heterocycles. The van der Waals surface area contributed by atoms with Crippen molar-refractivity contribution in [2.45, 2.75) is 206 Å². The predicted molar refractivity (Wildman–Crippen MR) is 239 cm³/mol. The van der Waals surface area contributed by atoms with Gasteiger partial charge in [-0.2, -0.15) is 0 Å². The van der Waals surface area contributed by atoms with Gasteiger partial charge in [0.25, 0.3) is 0 Å². The van der Waals surface area contributed by atoms with Crippen molar-refractivity contribution in [3.05, 3.63) is 42.2 Å². The maximum atomic E-state index is 6.48. The molecule has 0 atom stereocenters. The highest BCUT2D eigenvalue weighted by molar-refractivity contribution is 5.43. The van der Waals surface area contributed by atoms with Crippen LogP contribution in [0.2, 0.25) is 0 Å². The molecule has 3 heterocycles. The Bertz CT molecular complexity index is 1560. The SMILES string of the molecule is CC(C)(C)N[C@H]1C[C@@H](Oc2ccc(OC(C)(C)CCC(C)(C)N3CCN(c4cc(C(C)(C)CCC(C)(C)N[C@H]5C[C@@H](OCCOC(C)(C)C)C5)ccn4)CC3)cn2)C1. The standard InChI is InChI=1S/C48H82N6O4/c1-43(2,3)51-36-32-40(33-36)57-42-16-15-38(34-50-42)58-48(13,14)21-20-47(11,12)54-25-23-53(24-26-54)41-29-35(17-22-49-41)45(7,8)18-19-46(9,10)52-37-30-39(31-37)55-27-28-56-44(4,5)6/h15-17,22,29,34,36-37,39-40,51-52H,18-21,23-28,30-33H2,1-14H3/t36-,37-,39+,40+. The molecule has 2 saturated carbocycles. The summed E-state index contributed by atoms with van der Waals surface area (Å²) in [6, 6.07) is 9.54. The van der Waals surface area contributed by atoms with Gasteiger partial charge in [-0.25, -0.2) is 9.97 Å². The fourth-order valence-corrected chi connectivity index (χ4v) is 8.52. The maximum Gasteiger partial charge on any atom is 0.213 e. The van der Waals surface area contributed by atoms with Crippen LogP contribution in [-0.2, 0) is 14.9 Å². The Kier molecular flexibility index (Phi) is 15.0. The second-order valence-electron chi connectivity index (χ2n) is 22.2. The van der Waals surface area contributed by atoms with Gasteiger partial charge in [0.1, 0.15) is 23.3 Å². The number of anilines is 1. The monoisotopic (exact) mass is 807 g/mol. The van der Waals surface area contributed by atoms with Crippen molar-refractivity contribution >= 4 is 5.82 Å². The lowest BCUT2D eigenvalue weighted by Gasteiger charge is -2.45. The minimum atomic E-state index is -0.317. The van der Waals surface area contributed by atoms with E-state index in [-0.39, 0.29) is 39.3 Å². The summed E-state index contributed by atoms with van der Waals surface area (Å²) in [5, 5.41) is 7.58. The van der Waals surface area contributed by atoms with Gasteiger partial charge in [-0.05, 0) is 164 Å². The summed E-state index contributed by atoms with van der Waals surface area (Å²) in [7, 11) is 0. The van der Waals surface area contributed by atoms with E-state index in [1.807, 2.05) is 18.3 Å². The average molecular weight is 807 g/mol. The maximum absolute atomic E-state index is 6.48. The molecule has 0 bridgehead atoms. The van der Waals surface area contributed by atoms with Crippen molar-refractivity contribution in [3.8, 4) is 11.6 Å². The minimum absolute atomic E-state index is 0.0450. The first-order valence-corrected chi connectivity index (χ1v) is 22.4. The summed E-state index contributed by atoms with van der Waals surface area (Å²) in [6.07, 6.45) is 12.8. The van der Waals surface area contributed by atoms with E-state index in [1.165, 1.54) is 5.56 Å². The molecule has 3 aliphatic rings. The number of nitrogens with one attached hydrogen (secondary N) is 2. The zero-order valence-electron chi connectivity index (χ0n) is 39.1. The molecule has 10 heteroatoms. The van der Waals surface area contributed by atoms with Gasteiger partial charge in [0.15, 0.2) is 0 Å². The zero-order valence-corrected chi connectivity index (χ0v) is 39.1. The van der Waals surface area contributed by atoms with Crippen molar-refractivity contribution in [1.29, 1.82) is 0 Å². The van der Waals surface area contributed by atoms with Crippen molar-refractivity contribution < 1.29 is 18.9 Å². The topological polar surface area (TPSA) is 93.2 Å². The molecule has 1 saturated heterocycles. The second kappa shape index (κ2) is 18.6. The van der Waals surface area contributed by atoms with Crippen LogP contribution in [0.3, 0.4) is 0 Å². The number of nitrogens with zero attached hydrogens (tertiary/aromatic N) is 4. The van der Waals surface area contributed by atoms with Crippen LogP contribution in [0.4, 0.5) is 5.82 Å². The lowest BCUT2D eigenvalue weighted by Crippen LogP contribution is -2.55. The van der Waals surface area contributed by atoms with E-state index >= 15 is 0 Å². The van der Waals surface area contributed by atoms with Gasteiger partial charge >= 0.3 is 0 Å². The van der Waals surface area contributed by atoms with E-state index < -0.39 is 0 Å². The lowest BCUT2D eigenvalue weighted by atomic mass is 9.77. The van der Waals surface area contributed by atoms with Crippen LogP contribution in [0.25, 0.3) is 0 Å². The van der Waals surface area contributed by atoms with E-state index in [4.69, 9.17) is 23.9 Å². The quantitative estimate of drug-likeness (QED) is 0.126. The van der Waals surface area contributed by atoms with Gasteiger partial charge in [0.05, 0.1) is 31.1 Å². The molecule has 3 fully saturated rings. The van der Waals surface area contributed by atoms with Gasteiger partial charge in [0.2, 0.25) is 5.88 Å². The van der Waals surface area contributed by atoms with Crippen molar-refractivity contribution in [2.24, 2.45) is 0 Å². The fourth-order valence-electron chi connectivity index (χ4n) is 8.52. The molecule has 0 aromatic carbocycles. The molecule has 0 amide bonds. The first-order chi connectivity index (χ1) is 26.9. The van der Waals surface area contributed by atoms with E-state index in [0.29, 0.717) is 37.3 Å². The lowest BCUT2D eigenvalue weighted by molar-refractivity contribution is -0.0759. The molecule has 0 radical (unpaired) electrons. The van der Waals surface area contributed by atoms with Crippen molar-refractivity contribution in [3.63, 3.8) is 0 Å². The molecule has 58 heavy (non-hydrogen) atoms. The van der Waals surface area contributed by atoms with Crippen LogP contribution in [0.1, 0.15) is 154 Å². The van der Waals surface area contributed by atoms with E-state index in [0.717, 1.165) is 89.1 Å². The summed E-state index contributed by atoms with van der Waals surface area (Å²) >= 11 is 0. The second-order valence-corrected chi connectivity index (χ2v) is 22.2. The number of aromatic nitrogens is 2. The minimum Gasteiger partial charge on any atom is -0.486 e. The van der Waals surface area contributed by atoms with Gasteiger partial charge in [0, 0.05) is 67.1 Å². The van der Waals surface area contributed by atoms with E-state index in [2.05, 4.69) is 134 Å². The van der Waals surface area contributed by atoms with Crippen LogP contribution in [0.15, 0.2) is 36.7 Å². The van der Waals surface area contributed by atoms with Gasteiger partial charge in [-0.3, -0.25) is 4.90 Å². The zero-order chi connectivity index (χ0) is 42.6. The Morgan fingerprint density at radius 2 is 1.34 bits per heavy atom. The number of pyridine rings is 2. The Balaban J connectivity index is 1.01. The molecule has 2 aromatic rings. The van der Waals surface area contributed by atoms with Gasteiger partial charge in [-0.1, -0.05) is 13.8 Å². The van der Waals surface area contributed by atoms with E-state index in [1.54, 1.807) is 6.20 Å². The predicted octanol–water partition coefficient (Wildman–Crippen LogP) is 9.10. The number of rotatable bonds is 20. The molecule has 5 rings (SSSR count). The fraction of sp³-hybridized carbons (Fsp3) is 0.792. The van der Waals surface area contributed by atoms with Crippen LogP contribution in [-0.4, -0.2) is 106 Å². The molecule has 10 nitrogen and oxygen atoms in total. The summed E-state index contributed by atoms with van der Waals surface area (Å²) in [5.41, 5.74) is 1.23. The van der Waals surface area contributed by atoms with E-state index in [9.17, 15) is 0 Å². The Morgan fingerprint density at radius 1 is 0.690 bits per heavy atom. The Labute approximate surface area is 353 Å². The normalized spacial score (nSPS) is 22.7. The number of ether oxygens (including phenoxy) is 4. The molecule has 1 aliphatic heterocycles. The largest absolute Gasteiger partial charge is 0.486 e. The highest BCUT2D eigenvalue weighted by Crippen LogP contribution is 2.35. The highest BCUT2D eigenvalue weighted by Gasteiger charge is 2.37. The van der Waals surface area contributed by atoms with Crippen molar-refractivity contribution in [2.75, 3.05) is 44.3 Å². The third-order valence-corrected chi connectivity index (χ3v) is 12.5. The molecular weight excluding hydrogens is 725 g/mol. The summed E-state index contributed by atoms with van der Waals surface area (Å²) < 4.78 is 24.5. The molecule has 2 N–H and O–H groups in total. The summed E-state index contributed by atoms with van der Waals surface area (Å²) in [5.74, 6) is 2.56. The Morgan fingerprint density at radius 3 is 1.97 bits per heavy atom. The third-order valence-electron chi connectivity index (χ3n) is 12.5. The molecule has 2 aliphatic carbocycles. The van der Waals surface area contributed by atoms with Crippen LogP contribution in [0, 0.1) is 0 Å². The molecule has 0 spiro atoms. The van der Waals surface area contributed by atoms with Crippen LogP contribution < -0.4 is 25.0 Å². The summed E-state index contributed by atoms with van der Waals surface area (Å²) in [6.45, 7) is 36.8. The third kappa shape index (κ3) is 14.6. The van der Waals surface area contributed by atoms with Crippen molar-refractivity contribution in [1.82, 2.24) is 25.5 Å². The molecular formula is C48H82N6O4. The number of piperazine rings is 1. The highest BCUT2D eigenvalue weighted by atomic mass is 16.5. The average Bonchev–Trinajstić information content (AvgIpc) is 3.09. The number of hydrogen-bond donors (Lipinski definition) is 2. The summed E-state index contributed by atoms with van der Waals surface area (Å²) in [4.78, 5) is 14.6. The first kappa shape index (κ1) is 46.6. The number of hydrogen-bond acceptors (Lipinski definition) is 10. The van der Waals surface area contributed by atoms with Gasteiger partial charge in [-0.15, -0.1) is 0 Å². The van der Waals surface area contributed by atoms with Crippen LogP contribution >= 0.6 is 0 Å². The molecule has 328 valence electrons. The van der Waals surface area contributed by atoms with Gasteiger partial charge < -0.3 is 34.5 Å². The smallest absolute Gasteiger partial charge is 0.213 e.